The van der Waals surface area contributed by atoms with Crippen molar-refractivity contribution in [2.24, 2.45) is 0 Å². The molecule has 0 bridgehead atoms. The number of Topliss-reactive ketones (excluding diaryl/α,β-unsaturated/α-hetero) is 1. The average molecular weight is 383 g/mol. The fraction of sp³-hybridized carbons (Fsp3) is 0.478. The Morgan fingerprint density at radius 1 is 1.21 bits per heavy atom. The second-order valence-electron chi connectivity index (χ2n) is 7.23. The second kappa shape index (κ2) is 9.09. The lowest BCUT2D eigenvalue weighted by atomic mass is 9.75. The van der Waals surface area contributed by atoms with Gasteiger partial charge in [0.1, 0.15) is 5.75 Å². The van der Waals surface area contributed by atoms with Crippen molar-refractivity contribution in [2.75, 3.05) is 13.2 Å². The van der Waals surface area contributed by atoms with Crippen LogP contribution in [-0.2, 0) is 14.3 Å². The van der Waals surface area contributed by atoms with Gasteiger partial charge in [0.2, 0.25) is 0 Å². The predicted octanol–water partition coefficient (Wildman–Crippen LogP) is 4.40. The van der Waals surface area contributed by atoms with Crippen molar-refractivity contribution in [3.8, 4) is 5.75 Å². The van der Waals surface area contributed by atoms with Crippen LogP contribution < -0.4 is 10.1 Å². The quantitative estimate of drug-likeness (QED) is 0.559. The number of rotatable bonds is 7. The van der Waals surface area contributed by atoms with Crippen molar-refractivity contribution in [3.05, 3.63) is 52.4 Å². The van der Waals surface area contributed by atoms with E-state index in [4.69, 9.17) is 9.47 Å². The summed E-state index contributed by atoms with van der Waals surface area (Å²) in [4.78, 5) is 25.9. The molecule has 1 aromatic rings. The van der Waals surface area contributed by atoms with Crippen LogP contribution in [-0.4, -0.2) is 25.0 Å². The van der Waals surface area contributed by atoms with E-state index in [1.54, 1.807) is 0 Å². The van der Waals surface area contributed by atoms with E-state index in [0.717, 1.165) is 42.6 Å². The lowest BCUT2D eigenvalue weighted by Crippen LogP contribution is -2.34. The number of benzene rings is 1. The number of para-hydroxylation sites is 1. The van der Waals surface area contributed by atoms with Crippen LogP contribution in [0, 0.1) is 0 Å². The zero-order valence-electron chi connectivity index (χ0n) is 17.0. The van der Waals surface area contributed by atoms with Crippen molar-refractivity contribution in [3.63, 3.8) is 0 Å². The maximum atomic E-state index is 13.0. The van der Waals surface area contributed by atoms with Crippen LogP contribution in [0.25, 0.3) is 0 Å². The van der Waals surface area contributed by atoms with Crippen LogP contribution in [0.3, 0.4) is 0 Å². The van der Waals surface area contributed by atoms with Crippen LogP contribution in [0.5, 0.6) is 5.75 Å². The number of hydrogen-bond acceptors (Lipinski definition) is 5. The van der Waals surface area contributed by atoms with Crippen LogP contribution >= 0.6 is 0 Å². The molecule has 0 saturated carbocycles. The van der Waals surface area contributed by atoms with E-state index in [0.29, 0.717) is 36.5 Å². The Hall–Kier alpha value is -2.56. The lowest BCUT2D eigenvalue weighted by molar-refractivity contribution is -0.139. The fourth-order valence-corrected chi connectivity index (χ4v) is 3.96. The molecule has 0 amide bonds. The van der Waals surface area contributed by atoms with Gasteiger partial charge in [-0.2, -0.15) is 0 Å². The molecular weight excluding hydrogens is 354 g/mol. The molecule has 0 unspecified atom stereocenters. The van der Waals surface area contributed by atoms with Gasteiger partial charge in [0.15, 0.2) is 5.78 Å². The van der Waals surface area contributed by atoms with Crippen LogP contribution in [0.1, 0.15) is 64.4 Å². The van der Waals surface area contributed by atoms with Gasteiger partial charge in [0.25, 0.3) is 0 Å². The van der Waals surface area contributed by atoms with Gasteiger partial charge >= 0.3 is 5.97 Å². The SMILES string of the molecule is CCCCOC(=O)C1=C(C)NC2=C(C(=O)CCC2)[C@@H]1c1ccccc1OCC. The maximum absolute atomic E-state index is 13.0. The number of carbonyl (C=O) groups is 2. The Morgan fingerprint density at radius 3 is 2.75 bits per heavy atom. The molecule has 0 radical (unpaired) electrons. The van der Waals surface area contributed by atoms with Gasteiger partial charge in [-0.15, -0.1) is 0 Å². The Morgan fingerprint density at radius 2 is 2.00 bits per heavy atom. The summed E-state index contributed by atoms with van der Waals surface area (Å²) < 4.78 is 11.4. The topological polar surface area (TPSA) is 64.6 Å². The van der Waals surface area contributed by atoms with Crippen molar-refractivity contribution in [2.45, 2.75) is 58.8 Å². The molecule has 0 saturated heterocycles. The first-order valence-corrected chi connectivity index (χ1v) is 10.2. The van der Waals surface area contributed by atoms with Crippen LogP contribution in [0.2, 0.25) is 0 Å². The predicted molar refractivity (Wildman–Crippen MR) is 108 cm³/mol. The number of allylic oxidation sites excluding steroid dienone is 3. The summed E-state index contributed by atoms with van der Waals surface area (Å²) in [5, 5.41) is 3.32. The van der Waals surface area contributed by atoms with Crippen LogP contribution in [0.4, 0.5) is 0 Å². The third-order valence-electron chi connectivity index (χ3n) is 5.26. The molecule has 1 aromatic carbocycles. The first kappa shape index (κ1) is 20.2. The third-order valence-corrected chi connectivity index (χ3v) is 5.26. The Labute approximate surface area is 166 Å². The highest BCUT2D eigenvalue weighted by Crippen LogP contribution is 2.45. The second-order valence-corrected chi connectivity index (χ2v) is 7.23. The highest BCUT2D eigenvalue weighted by atomic mass is 16.5. The molecule has 0 spiro atoms. The Kier molecular flexibility index (Phi) is 6.55. The number of ketones is 1. The summed E-state index contributed by atoms with van der Waals surface area (Å²) in [5.74, 6) is -0.0224. The smallest absolute Gasteiger partial charge is 0.336 e. The van der Waals surface area contributed by atoms with E-state index in [1.165, 1.54) is 0 Å². The molecule has 3 rings (SSSR count). The van der Waals surface area contributed by atoms with Gasteiger partial charge in [-0.1, -0.05) is 31.5 Å². The summed E-state index contributed by atoms with van der Waals surface area (Å²) >= 11 is 0. The minimum Gasteiger partial charge on any atom is -0.494 e. The number of unbranched alkanes of at least 4 members (excludes halogenated alkanes) is 1. The standard InChI is InChI=1S/C23H29NO4/c1-4-6-14-28-23(26)20-15(3)24-17-11-9-12-18(25)22(17)21(20)16-10-7-8-13-19(16)27-5-2/h7-8,10,13,21,24H,4-6,9,11-12,14H2,1-3H3/t21-/m1/s1. The van der Waals surface area contributed by atoms with Gasteiger partial charge in [-0.05, 0) is 39.2 Å². The van der Waals surface area contributed by atoms with E-state index in [9.17, 15) is 9.59 Å². The molecule has 5 nitrogen and oxygen atoms in total. The number of nitrogens with one attached hydrogen (secondary N) is 1. The molecule has 150 valence electrons. The zero-order chi connectivity index (χ0) is 20.1. The van der Waals surface area contributed by atoms with Crippen molar-refractivity contribution >= 4 is 11.8 Å². The molecule has 28 heavy (non-hydrogen) atoms. The summed E-state index contributed by atoms with van der Waals surface area (Å²) in [5.41, 5.74) is 3.72. The van der Waals surface area contributed by atoms with Crippen molar-refractivity contribution in [1.29, 1.82) is 0 Å². The van der Waals surface area contributed by atoms with E-state index >= 15 is 0 Å². The van der Waals surface area contributed by atoms with E-state index < -0.39 is 5.92 Å². The Balaban J connectivity index is 2.10. The van der Waals surface area contributed by atoms with Gasteiger partial charge in [-0.25, -0.2) is 4.79 Å². The van der Waals surface area contributed by atoms with Crippen LogP contribution in [0.15, 0.2) is 46.8 Å². The maximum Gasteiger partial charge on any atom is 0.336 e. The molecule has 1 N–H and O–H groups in total. The van der Waals surface area contributed by atoms with Gasteiger partial charge < -0.3 is 14.8 Å². The molecule has 0 fully saturated rings. The van der Waals surface area contributed by atoms with Gasteiger partial charge in [0, 0.05) is 29.0 Å². The highest BCUT2D eigenvalue weighted by Gasteiger charge is 2.40. The minimum absolute atomic E-state index is 0.0939. The summed E-state index contributed by atoms with van der Waals surface area (Å²) in [6.07, 6.45) is 3.91. The number of esters is 1. The van der Waals surface area contributed by atoms with E-state index in [-0.39, 0.29) is 11.8 Å². The number of carbonyl (C=O) groups excluding carboxylic acids is 2. The van der Waals surface area contributed by atoms with Crippen molar-refractivity contribution < 1.29 is 19.1 Å². The van der Waals surface area contributed by atoms with Crippen molar-refractivity contribution in [1.82, 2.24) is 5.32 Å². The number of dihydropyridines is 1. The van der Waals surface area contributed by atoms with Gasteiger partial charge in [0.05, 0.1) is 24.7 Å². The molecule has 1 aliphatic heterocycles. The monoisotopic (exact) mass is 383 g/mol. The molecule has 5 heteroatoms. The third kappa shape index (κ3) is 3.98. The molecule has 1 heterocycles. The number of ether oxygens (including phenoxy) is 2. The molecule has 1 atom stereocenters. The molecule has 1 aliphatic carbocycles. The normalized spacial score (nSPS) is 19.2. The summed E-state index contributed by atoms with van der Waals surface area (Å²) in [7, 11) is 0. The first-order chi connectivity index (χ1) is 13.6. The summed E-state index contributed by atoms with van der Waals surface area (Å²) in [6.45, 7) is 6.76. The van der Waals surface area contributed by atoms with Gasteiger partial charge in [-0.3, -0.25) is 4.79 Å². The molecule has 0 aromatic heterocycles. The average Bonchev–Trinajstić information content (AvgIpc) is 2.68. The lowest BCUT2D eigenvalue weighted by Gasteiger charge is -2.34. The number of hydrogen-bond donors (Lipinski definition) is 1. The highest BCUT2D eigenvalue weighted by molar-refractivity contribution is 6.04. The molecular formula is C23H29NO4. The zero-order valence-corrected chi connectivity index (χ0v) is 17.0. The fourth-order valence-electron chi connectivity index (χ4n) is 3.96. The van der Waals surface area contributed by atoms with E-state index in [1.807, 2.05) is 38.1 Å². The summed E-state index contributed by atoms with van der Waals surface area (Å²) in [6, 6.07) is 7.66. The minimum atomic E-state index is -0.457. The van der Waals surface area contributed by atoms with E-state index in [2.05, 4.69) is 12.2 Å². The largest absolute Gasteiger partial charge is 0.494 e. The molecule has 2 aliphatic rings. The Bertz CT molecular complexity index is 822. The first-order valence-electron chi connectivity index (χ1n) is 10.2.